The van der Waals surface area contributed by atoms with Crippen molar-refractivity contribution in [2.75, 3.05) is 10.6 Å². The highest BCUT2D eigenvalue weighted by Gasteiger charge is 2.26. The number of rotatable bonds is 4. The maximum absolute atomic E-state index is 12.5. The molecule has 0 aliphatic heterocycles. The largest absolute Gasteiger partial charge is 0.326 e. The number of amides is 2. The minimum Gasteiger partial charge on any atom is -0.326 e. The second-order valence-electron chi connectivity index (χ2n) is 8.50. The van der Waals surface area contributed by atoms with Gasteiger partial charge in [0.15, 0.2) is 0 Å². The van der Waals surface area contributed by atoms with Crippen LogP contribution in [0.5, 0.6) is 0 Å². The predicted molar refractivity (Wildman–Crippen MR) is 106 cm³/mol. The SMILES string of the molecule is CC1CCCC(C(=O)Nc2cccc(NC(=O)C3CCCC(C)C3)c2)C1. The van der Waals surface area contributed by atoms with E-state index < -0.39 is 0 Å². The van der Waals surface area contributed by atoms with E-state index in [1.807, 2.05) is 24.3 Å². The van der Waals surface area contributed by atoms with Crippen LogP contribution in [0.1, 0.15) is 65.2 Å². The molecular weight excluding hydrogens is 324 g/mol. The molecule has 0 heterocycles. The second kappa shape index (κ2) is 8.70. The third kappa shape index (κ3) is 5.09. The van der Waals surface area contributed by atoms with E-state index in [9.17, 15) is 9.59 Å². The first-order chi connectivity index (χ1) is 12.5. The molecule has 2 aliphatic rings. The Kier molecular flexibility index (Phi) is 6.33. The van der Waals surface area contributed by atoms with E-state index in [0.29, 0.717) is 11.8 Å². The Morgan fingerprint density at radius 3 is 1.69 bits per heavy atom. The molecule has 0 bridgehead atoms. The Bertz CT molecular complexity index is 592. The van der Waals surface area contributed by atoms with Crippen LogP contribution in [-0.4, -0.2) is 11.8 Å². The van der Waals surface area contributed by atoms with Crippen molar-refractivity contribution in [2.24, 2.45) is 23.7 Å². The van der Waals surface area contributed by atoms with Crippen LogP contribution in [0.4, 0.5) is 11.4 Å². The molecule has 4 atom stereocenters. The summed E-state index contributed by atoms with van der Waals surface area (Å²) in [4.78, 5) is 25.1. The van der Waals surface area contributed by atoms with E-state index in [4.69, 9.17) is 0 Å². The van der Waals surface area contributed by atoms with Crippen molar-refractivity contribution in [3.8, 4) is 0 Å². The van der Waals surface area contributed by atoms with Crippen molar-refractivity contribution in [3.05, 3.63) is 24.3 Å². The van der Waals surface area contributed by atoms with E-state index in [1.165, 1.54) is 12.8 Å². The second-order valence-corrected chi connectivity index (χ2v) is 8.50. The van der Waals surface area contributed by atoms with Crippen LogP contribution in [-0.2, 0) is 9.59 Å². The van der Waals surface area contributed by atoms with Gasteiger partial charge in [-0.3, -0.25) is 9.59 Å². The average Bonchev–Trinajstić information content (AvgIpc) is 2.62. The van der Waals surface area contributed by atoms with Gasteiger partial charge in [-0.2, -0.15) is 0 Å². The molecule has 0 saturated heterocycles. The van der Waals surface area contributed by atoms with Gasteiger partial charge in [0.1, 0.15) is 0 Å². The molecule has 2 N–H and O–H groups in total. The summed E-state index contributed by atoms with van der Waals surface area (Å²) in [5.74, 6) is 1.70. The zero-order valence-electron chi connectivity index (χ0n) is 16.1. The van der Waals surface area contributed by atoms with Gasteiger partial charge in [0.2, 0.25) is 11.8 Å². The zero-order chi connectivity index (χ0) is 18.5. The van der Waals surface area contributed by atoms with Gasteiger partial charge in [-0.25, -0.2) is 0 Å². The lowest BCUT2D eigenvalue weighted by Crippen LogP contribution is -2.28. The lowest BCUT2D eigenvalue weighted by Gasteiger charge is -2.26. The Balaban J connectivity index is 1.57. The van der Waals surface area contributed by atoms with E-state index in [2.05, 4.69) is 24.5 Å². The zero-order valence-corrected chi connectivity index (χ0v) is 16.1. The number of carbonyl (C=O) groups is 2. The van der Waals surface area contributed by atoms with Crippen LogP contribution in [0.15, 0.2) is 24.3 Å². The molecule has 2 saturated carbocycles. The molecule has 4 unspecified atom stereocenters. The van der Waals surface area contributed by atoms with E-state index >= 15 is 0 Å². The average molecular weight is 357 g/mol. The smallest absolute Gasteiger partial charge is 0.227 e. The van der Waals surface area contributed by atoms with Crippen LogP contribution in [0.2, 0.25) is 0 Å². The first-order valence-corrected chi connectivity index (χ1v) is 10.2. The first kappa shape index (κ1) is 18.9. The Labute approximate surface area is 157 Å². The highest BCUT2D eigenvalue weighted by Crippen LogP contribution is 2.31. The quantitative estimate of drug-likeness (QED) is 0.777. The van der Waals surface area contributed by atoms with Crippen molar-refractivity contribution >= 4 is 23.2 Å². The molecule has 142 valence electrons. The lowest BCUT2D eigenvalue weighted by molar-refractivity contribution is -0.121. The molecule has 2 aliphatic carbocycles. The molecule has 0 aromatic heterocycles. The number of carbonyl (C=O) groups excluding carboxylic acids is 2. The van der Waals surface area contributed by atoms with E-state index in [1.54, 1.807) is 0 Å². The molecule has 4 nitrogen and oxygen atoms in total. The van der Waals surface area contributed by atoms with Crippen molar-refractivity contribution in [3.63, 3.8) is 0 Å². The van der Waals surface area contributed by atoms with Crippen molar-refractivity contribution < 1.29 is 9.59 Å². The summed E-state index contributed by atoms with van der Waals surface area (Å²) in [5, 5.41) is 6.08. The normalized spacial score (nSPS) is 29.0. The van der Waals surface area contributed by atoms with E-state index in [-0.39, 0.29) is 23.7 Å². The summed E-state index contributed by atoms with van der Waals surface area (Å²) < 4.78 is 0. The Hall–Kier alpha value is -1.84. The summed E-state index contributed by atoms with van der Waals surface area (Å²) in [6.45, 7) is 4.45. The number of anilines is 2. The van der Waals surface area contributed by atoms with Gasteiger partial charge in [0, 0.05) is 23.2 Å². The van der Waals surface area contributed by atoms with Gasteiger partial charge in [0.25, 0.3) is 0 Å². The van der Waals surface area contributed by atoms with Gasteiger partial charge in [-0.15, -0.1) is 0 Å². The first-order valence-electron chi connectivity index (χ1n) is 10.2. The summed E-state index contributed by atoms with van der Waals surface area (Å²) >= 11 is 0. The van der Waals surface area contributed by atoms with Crippen molar-refractivity contribution in [1.29, 1.82) is 0 Å². The molecule has 3 rings (SSSR count). The van der Waals surface area contributed by atoms with Gasteiger partial charge in [-0.05, 0) is 55.7 Å². The number of hydrogen-bond donors (Lipinski definition) is 2. The molecular formula is C22H32N2O2. The molecule has 0 spiro atoms. The monoisotopic (exact) mass is 356 g/mol. The fourth-order valence-electron chi connectivity index (χ4n) is 4.51. The molecule has 2 amide bonds. The van der Waals surface area contributed by atoms with Gasteiger partial charge >= 0.3 is 0 Å². The fourth-order valence-corrected chi connectivity index (χ4v) is 4.51. The molecule has 1 aromatic carbocycles. The predicted octanol–water partition coefficient (Wildman–Crippen LogP) is 5.22. The van der Waals surface area contributed by atoms with Crippen LogP contribution >= 0.6 is 0 Å². The third-order valence-electron chi connectivity index (χ3n) is 6.01. The van der Waals surface area contributed by atoms with Crippen molar-refractivity contribution in [2.45, 2.75) is 65.2 Å². The summed E-state index contributed by atoms with van der Waals surface area (Å²) in [5.41, 5.74) is 1.53. The summed E-state index contributed by atoms with van der Waals surface area (Å²) in [7, 11) is 0. The molecule has 1 aromatic rings. The van der Waals surface area contributed by atoms with Crippen LogP contribution in [0.3, 0.4) is 0 Å². The Morgan fingerprint density at radius 1 is 0.808 bits per heavy atom. The maximum Gasteiger partial charge on any atom is 0.227 e. The van der Waals surface area contributed by atoms with E-state index in [0.717, 1.165) is 49.9 Å². The summed E-state index contributed by atoms with van der Waals surface area (Å²) in [6, 6.07) is 7.54. The van der Waals surface area contributed by atoms with Crippen LogP contribution in [0, 0.1) is 23.7 Å². The highest BCUT2D eigenvalue weighted by atomic mass is 16.2. The van der Waals surface area contributed by atoms with Crippen LogP contribution in [0.25, 0.3) is 0 Å². The minimum absolute atomic E-state index is 0.112. The van der Waals surface area contributed by atoms with Gasteiger partial charge < -0.3 is 10.6 Å². The van der Waals surface area contributed by atoms with Gasteiger partial charge in [0.05, 0.1) is 0 Å². The lowest BCUT2D eigenvalue weighted by atomic mass is 9.82. The van der Waals surface area contributed by atoms with Crippen molar-refractivity contribution in [1.82, 2.24) is 0 Å². The maximum atomic E-state index is 12.5. The number of hydrogen-bond acceptors (Lipinski definition) is 2. The highest BCUT2D eigenvalue weighted by molar-refractivity contribution is 5.95. The fraction of sp³-hybridized carbons (Fsp3) is 0.636. The summed E-state index contributed by atoms with van der Waals surface area (Å²) in [6.07, 6.45) is 8.63. The number of benzene rings is 1. The van der Waals surface area contributed by atoms with Crippen LogP contribution < -0.4 is 10.6 Å². The number of nitrogens with one attached hydrogen (secondary N) is 2. The molecule has 4 heteroatoms. The topological polar surface area (TPSA) is 58.2 Å². The Morgan fingerprint density at radius 2 is 1.27 bits per heavy atom. The van der Waals surface area contributed by atoms with Gasteiger partial charge in [-0.1, -0.05) is 45.6 Å². The molecule has 2 fully saturated rings. The minimum atomic E-state index is 0.112. The molecule has 0 radical (unpaired) electrons. The third-order valence-corrected chi connectivity index (χ3v) is 6.01. The molecule has 26 heavy (non-hydrogen) atoms. The standard InChI is InChI=1S/C22H32N2O2/c1-15-6-3-8-17(12-15)21(25)23-19-10-5-11-20(14-19)24-22(26)18-9-4-7-16(2)13-18/h5,10-11,14-18H,3-4,6-9,12-13H2,1-2H3,(H,23,25)(H,24,26).